The van der Waals surface area contributed by atoms with E-state index in [1.54, 1.807) is 6.20 Å². The van der Waals surface area contributed by atoms with Crippen molar-refractivity contribution in [3.63, 3.8) is 0 Å². The van der Waals surface area contributed by atoms with Crippen LogP contribution < -0.4 is 10.6 Å². The Kier molecular flexibility index (Phi) is 3.08. The third kappa shape index (κ3) is 3.59. The second-order valence-electron chi connectivity index (χ2n) is 3.50. The van der Waals surface area contributed by atoms with Gasteiger partial charge < -0.3 is 15.4 Å². The van der Waals surface area contributed by atoms with Gasteiger partial charge in [0, 0.05) is 17.5 Å². The number of ether oxygens (including phenoxy) is 1. The van der Waals surface area contributed by atoms with E-state index in [-0.39, 0.29) is 17.4 Å². The standard InChI is InChI=1S/C8H14N2O2S/c1-8(2,13)4-9-3-6-7(11)12-5-10-6/h3,9-10,13H,4-5H2,1-2H3/b6-3+. The molecule has 0 aromatic heterocycles. The molecule has 1 rings (SSSR count). The van der Waals surface area contributed by atoms with E-state index in [9.17, 15) is 4.79 Å². The first kappa shape index (κ1) is 10.2. The maximum Gasteiger partial charge on any atom is 0.357 e. The Balaban J connectivity index is 2.36. The molecule has 0 aromatic rings. The Labute approximate surface area is 83.1 Å². The largest absolute Gasteiger partial charge is 0.440 e. The van der Waals surface area contributed by atoms with Crippen LogP contribution in [0.1, 0.15) is 13.8 Å². The van der Waals surface area contributed by atoms with E-state index in [1.807, 2.05) is 13.8 Å². The maximum atomic E-state index is 10.9. The van der Waals surface area contributed by atoms with Crippen molar-refractivity contribution in [1.82, 2.24) is 10.6 Å². The molecule has 1 fully saturated rings. The molecule has 0 radical (unpaired) electrons. The van der Waals surface area contributed by atoms with Crippen LogP contribution in [0, 0.1) is 0 Å². The van der Waals surface area contributed by atoms with Gasteiger partial charge in [0.15, 0.2) is 6.73 Å². The van der Waals surface area contributed by atoms with Crippen molar-refractivity contribution in [2.24, 2.45) is 0 Å². The molecule has 1 heterocycles. The highest BCUT2D eigenvalue weighted by Gasteiger charge is 2.17. The number of rotatable bonds is 3. The average molecular weight is 202 g/mol. The van der Waals surface area contributed by atoms with Gasteiger partial charge in [-0.05, 0) is 13.8 Å². The predicted molar refractivity (Wildman–Crippen MR) is 53.2 cm³/mol. The molecule has 74 valence electrons. The van der Waals surface area contributed by atoms with Crippen LogP contribution in [0.5, 0.6) is 0 Å². The van der Waals surface area contributed by atoms with Gasteiger partial charge >= 0.3 is 5.97 Å². The van der Waals surface area contributed by atoms with Crippen LogP contribution in [0.2, 0.25) is 0 Å². The summed E-state index contributed by atoms with van der Waals surface area (Å²) in [5, 5.41) is 5.79. The number of carbonyl (C=O) groups is 1. The molecule has 0 saturated carbocycles. The summed E-state index contributed by atoms with van der Waals surface area (Å²) in [4.78, 5) is 10.9. The van der Waals surface area contributed by atoms with Gasteiger partial charge in [-0.15, -0.1) is 0 Å². The van der Waals surface area contributed by atoms with Crippen LogP contribution >= 0.6 is 12.6 Å². The molecule has 0 spiro atoms. The highest BCUT2D eigenvalue weighted by atomic mass is 32.1. The van der Waals surface area contributed by atoms with Gasteiger partial charge in [0.2, 0.25) is 0 Å². The lowest BCUT2D eigenvalue weighted by Crippen LogP contribution is -2.27. The lowest BCUT2D eigenvalue weighted by Gasteiger charge is -2.16. The number of cyclic esters (lactones) is 1. The van der Waals surface area contributed by atoms with Crippen molar-refractivity contribution in [2.75, 3.05) is 13.3 Å². The molecule has 4 nitrogen and oxygen atoms in total. The summed E-state index contributed by atoms with van der Waals surface area (Å²) in [7, 11) is 0. The third-order valence-corrected chi connectivity index (χ3v) is 1.62. The van der Waals surface area contributed by atoms with E-state index in [4.69, 9.17) is 0 Å². The summed E-state index contributed by atoms with van der Waals surface area (Å²) in [5.74, 6) is -0.315. The molecule has 2 N–H and O–H groups in total. The fourth-order valence-corrected chi connectivity index (χ4v) is 0.933. The number of hydrogen-bond donors (Lipinski definition) is 3. The Morgan fingerprint density at radius 2 is 2.46 bits per heavy atom. The summed E-state index contributed by atoms with van der Waals surface area (Å²) in [5.41, 5.74) is 0.470. The minimum Gasteiger partial charge on any atom is -0.440 e. The predicted octanol–water partition coefficient (Wildman–Crippen LogP) is 0.230. The Bertz CT molecular complexity index is 233. The molecule has 1 saturated heterocycles. The first-order chi connectivity index (χ1) is 5.99. The highest BCUT2D eigenvalue weighted by Crippen LogP contribution is 2.09. The molecule has 5 heteroatoms. The van der Waals surface area contributed by atoms with Gasteiger partial charge in [-0.1, -0.05) is 0 Å². The van der Waals surface area contributed by atoms with Crippen molar-refractivity contribution >= 4 is 18.6 Å². The second kappa shape index (κ2) is 3.91. The molecule has 1 aliphatic heterocycles. The Hall–Kier alpha value is -0.840. The Morgan fingerprint density at radius 1 is 1.77 bits per heavy atom. The molecule has 0 aromatic carbocycles. The van der Waals surface area contributed by atoms with E-state index in [0.29, 0.717) is 12.2 Å². The van der Waals surface area contributed by atoms with Gasteiger partial charge in [0.25, 0.3) is 0 Å². The zero-order valence-electron chi connectivity index (χ0n) is 7.76. The van der Waals surface area contributed by atoms with Crippen molar-refractivity contribution < 1.29 is 9.53 Å². The second-order valence-corrected chi connectivity index (χ2v) is 4.71. The molecule has 0 aliphatic carbocycles. The molecular weight excluding hydrogens is 188 g/mol. The zero-order chi connectivity index (χ0) is 9.90. The monoisotopic (exact) mass is 202 g/mol. The molecule has 0 amide bonds. The van der Waals surface area contributed by atoms with Crippen molar-refractivity contribution in [3.05, 3.63) is 11.9 Å². The zero-order valence-corrected chi connectivity index (χ0v) is 8.65. The van der Waals surface area contributed by atoms with Crippen LogP contribution in [0.4, 0.5) is 0 Å². The van der Waals surface area contributed by atoms with E-state index < -0.39 is 0 Å². The Morgan fingerprint density at radius 3 is 2.92 bits per heavy atom. The summed E-state index contributed by atoms with van der Waals surface area (Å²) in [6.45, 7) is 4.93. The van der Waals surface area contributed by atoms with Gasteiger partial charge in [-0.2, -0.15) is 12.6 Å². The van der Waals surface area contributed by atoms with Crippen LogP contribution in [0.15, 0.2) is 11.9 Å². The highest BCUT2D eigenvalue weighted by molar-refractivity contribution is 7.81. The molecule has 0 atom stereocenters. The quantitative estimate of drug-likeness (QED) is 0.348. The topological polar surface area (TPSA) is 50.4 Å². The fourth-order valence-electron chi connectivity index (χ4n) is 0.842. The van der Waals surface area contributed by atoms with Gasteiger partial charge in [-0.3, -0.25) is 0 Å². The van der Waals surface area contributed by atoms with E-state index in [0.717, 1.165) is 0 Å². The molecule has 1 aliphatic rings. The first-order valence-corrected chi connectivity index (χ1v) is 4.51. The van der Waals surface area contributed by atoms with Crippen molar-refractivity contribution in [1.29, 1.82) is 0 Å². The molecular formula is C8H14N2O2S. The summed E-state index contributed by atoms with van der Waals surface area (Å²) >= 11 is 4.33. The number of nitrogens with one attached hydrogen (secondary N) is 2. The lowest BCUT2D eigenvalue weighted by molar-refractivity contribution is -0.135. The van der Waals surface area contributed by atoms with E-state index >= 15 is 0 Å². The normalized spacial score (nSPS) is 19.9. The van der Waals surface area contributed by atoms with Crippen LogP contribution in [-0.2, 0) is 9.53 Å². The number of thiol groups is 1. The van der Waals surface area contributed by atoms with Crippen molar-refractivity contribution in [2.45, 2.75) is 18.6 Å². The summed E-state index contributed by atoms with van der Waals surface area (Å²) in [6.07, 6.45) is 1.62. The molecule has 0 bridgehead atoms. The molecule has 0 unspecified atom stereocenters. The van der Waals surface area contributed by atoms with Gasteiger partial charge in [0.05, 0.1) is 0 Å². The minimum absolute atomic E-state index is 0.0976. The van der Waals surface area contributed by atoms with Gasteiger partial charge in [-0.25, -0.2) is 4.79 Å². The minimum atomic E-state index is -0.315. The smallest absolute Gasteiger partial charge is 0.357 e. The number of esters is 1. The molecule has 13 heavy (non-hydrogen) atoms. The maximum absolute atomic E-state index is 10.9. The number of carbonyl (C=O) groups excluding carboxylic acids is 1. The fraction of sp³-hybridized carbons (Fsp3) is 0.625. The van der Waals surface area contributed by atoms with Crippen LogP contribution in [-0.4, -0.2) is 24.0 Å². The lowest BCUT2D eigenvalue weighted by atomic mass is 10.2. The third-order valence-electron chi connectivity index (χ3n) is 1.47. The number of hydrogen-bond acceptors (Lipinski definition) is 5. The van der Waals surface area contributed by atoms with Crippen LogP contribution in [0.25, 0.3) is 0 Å². The van der Waals surface area contributed by atoms with Crippen molar-refractivity contribution in [3.8, 4) is 0 Å². The van der Waals surface area contributed by atoms with Gasteiger partial charge in [0.1, 0.15) is 5.70 Å². The summed E-state index contributed by atoms with van der Waals surface area (Å²) < 4.78 is 4.57. The van der Waals surface area contributed by atoms with E-state index in [1.165, 1.54) is 0 Å². The summed E-state index contributed by atoms with van der Waals surface area (Å²) in [6, 6.07) is 0. The van der Waals surface area contributed by atoms with Crippen LogP contribution in [0.3, 0.4) is 0 Å². The SMILES string of the molecule is CC(C)(S)CN/C=C1/NCOC1=O. The first-order valence-electron chi connectivity index (χ1n) is 4.06. The average Bonchev–Trinajstić information content (AvgIpc) is 2.34. The van der Waals surface area contributed by atoms with E-state index in [2.05, 4.69) is 28.0 Å².